The Labute approximate surface area is 138 Å². The number of aromatic nitrogens is 6. The number of H-pyrrole nitrogens is 1. The van der Waals surface area contributed by atoms with Crippen LogP contribution in [0, 0.1) is 5.92 Å². The SMILES string of the molecule is CC(C)Cc1noc(CN(C)Cc2nc3c(cnn3C)c(=O)[nH]2)n1. The summed E-state index contributed by atoms with van der Waals surface area (Å²) in [6, 6.07) is 0. The van der Waals surface area contributed by atoms with E-state index in [0.717, 1.165) is 12.2 Å². The van der Waals surface area contributed by atoms with Gasteiger partial charge in [0.15, 0.2) is 11.5 Å². The molecule has 128 valence electrons. The van der Waals surface area contributed by atoms with Crippen molar-refractivity contribution in [2.45, 2.75) is 33.4 Å². The number of hydrogen-bond donors (Lipinski definition) is 1. The van der Waals surface area contributed by atoms with E-state index < -0.39 is 0 Å². The van der Waals surface area contributed by atoms with Crippen LogP contribution in [0.25, 0.3) is 11.0 Å². The first-order valence-electron chi connectivity index (χ1n) is 7.83. The molecule has 24 heavy (non-hydrogen) atoms. The van der Waals surface area contributed by atoms with Gasteiger partial charge < -0.3 is 9.51 Å². The lowest BCUT2D eigenvalue weighted by Gasteiger charge is -2.13. The zero-order chi connectivity index (χ0) is 17.3. The molecule has 3 heterocycles. The minimum absolute atomic E-state index is 0.187. The Morgan fingerprint density at radius 3 is 2.88 bits per heavy atom. The first-order chi connectivity index (χ1) is 11.4. The van der Waals surface area contributed by atoms with Gasteiger partial charge in [-0.05, 0) is 13.0 Å². The smallest absolute Gasteiger partial charge is 0.262 e. The first kappa shape index (κ1) is 16.3. The summed E-state index contributed by atoms with van der Waals surface area (Å²) in [7, 11) is 3.66. The highest BCUT2D eigenvalue weighted by Crippen LogP contribution is 2.09. The van der Waals surface area contributed by atoms with E-state index in [-0.39, 0.29) is 5.56 Å². The van der Waals surface area contributed by atoms with E-state index in [1.807, 2.05) is 11.9 Å². The van der Waals surface area contributed by atoms with Crippen molar-refractivity contribution in [3.8, 4) is 0 Å². The first-order valence-corrected chi connectivity index (χ1v) is 7.83. The van der Waals surface area contributed by atoms with Crippen molar-refractivity contribution in [2.75, 3.05) is 7.05 Å². The molecular formula is C15H21N7O2. The van der Waals surface area contributed by atoms with E-state index >= 15 is 0 Å². The van der Waals surface area contributed by atoms with Crippen LogP contribution in [0.15, 0.2) is 15.5 Å². The fourth-order valence-corrected chi connectivity index (χ4v) is 2.50. The van der Waals surface area contributed by atoms with Gasteiger partial charge in [-0.25, -0.2) is 4.98 Å². The highest BCUT2D eigenvalue weighted by atomic mass is 16.5. The third-order valence-corrected chi connectivity index (χ3v) is 3.58. The van der Waals surface area contributed by atoms with Crippen molar-refractivity contribution in [3.05, 3.63) is 34.1 Å². The van der Waals surface area contributed by atoms with Crippen LogP contribution >= 0.6 is 0 Å². The summed E-state index contributed by atoms with van der Waals surface area (Å²) in [5, 5.41) is 8.52. The van der Waals surface area contributed by atoms with Crippen molar-refractivity contribution in [1.82, 2.24) is 34.8 Å². The van der Waals surface area contributed by atoms with E-state index in [4.69, 9.17) is 4.52 Å². The number of hydrogen-bond acceptors (Lipinski definition) is 7. The van der Waals surface area contributed by atoms with Crippen LogP contribution in [0.2, 0.25) is 0 Å². The molecule has 0 atom stereocenters. The molecule has 9 nitrogen and oxygen atoms in total. The Morgan fingerprint density at radius 1 is 1.33 bits per heavy atom. The van der Waals surface area contributed by atoms with Gasteiger partial charge in [0.1, 0.15) is 11.2 Å². The zero-order valence-corrected chi connectivity index (χ0v) is 14.3. The summed E-state index contributed by atoms with van der Waals surface area (Å²) < 4.78 is 6.85. The number of nitrogens with one attached hydrogen (secondary N) is 1. The molecule has 0 bridgehead atoms. The fraction of sp³-hybridized carbons (Fsp3) is 0.533. The second-order valence-corrected chi connectivity index (χ2v) is 6.39. The normalized spacial score (nSPS) is 11.9. The van der Waals surface area contributed by atoms with Gasteiger partial charge in [0, 0.05) is 13.5 Å². The molecule has 0 radical (unpaired) electrons. The molecule has 0 fully saturated rings. The summed E-state index contributed by atoms with van der Waals surface area (Å²) >= 11 is 0. The molecule has 0 aliphatic rings. The minimum Gasteiger partial charge on any atom is -0.338 e. The average Bonchev–Trinajstić information content (AvgIpc) is 3.06. The Kier molecular flexibility index (Phi) is 4.43. The maximum absolute atomic E-state index is 12.1. The van der Waals surface area contributed by atoms with Gasteiger partial charge in [-0.2, -0.15) is 10.1 Å². The average molecular weight is 331 g/mol. The van der Waals surface area contributed by atoms with Gasteiger partial charge in [-0.1, -0.05) is 19.0 Å². The number of aryl methyl sites for hydroxylation is 1. The number of aromatic amines is 1. The molecule has 3 aromatic rings. The molecule has 3 rings (SSSR count). The van der Waals surface area contributed by atoms with Crippen LogP contribution in [-0.2, 0) is 26.6 Å². The summed E-state index contributed by atoms with van der Waals surface area (Å²) in [5.74, 6) is 2.32. The van der Waals surface area contributed by atoms with Crippen LogP contribution in [0.3, 0.4) is 0 Å². The Balaban J connectivity index is 1.70. The number of fused-ring (bicyclic) bond motifs is 1. The maximum Gasteiger partial charge on any atom is 0.262 e. The topological polar surface area (TPSA) is 106 Å². The Morgan fingerprint density at radius 2 is 2.12 bits per heavy atom. The molecule has 0 aliphatic heterocycles. The van der Waals surface area contributed by atoms with Gasteiger partial charge in [0.25, 0.3) is 5.56 Å². The van der Waals surface area contributed by atoms with Crippen LogP contribution in [0.4, 0.5) is 0 Å². The van der Waals surface area contributed by atoms with E-state index in [0.29, 0.717) is 41.8 Å². The minimum atomic E-state index is -0.187. The lowest BCUT2D eigenvalue weighted by Crippen LogP contribution is -2.22. The van der Waals surface area contributed by atoms with Gasteiger partial charge >= 0.3 is 0 Å². The van der Waals surface area contributed by atoms with Gasteiger partial charge in [-0.3, -0.25) is 14.4 Å². The molecule has 0 spiro atoms. The third kappa shape index (κ3) is 3.51. The summed E-state index contributed by atoms with van der Waals surface area (Å²) in [6.45, 7) is 5.16. The second kappa shape index (κ2) is 6.52. The lowest BCUT2D eigenvalue weighted by molar-refractivity contribution is 0.255. The Hall–Kier alpha value is -2.55. The number of rotatable bonds is 6. The molecule has 0 unspecified atom stereocenters. The van der Waals surface area contributed by atoms with Gasteiger partial charge in [-0.15, -0.1) is 0 Å². The third-order valence-electron chi connectivity index (χ3n) is 3.58. The predicted molar refractivity (Wildman–Crippen MR) is 87.1 cm³/mol. The molecule has 0 amide bonds. The largest absolute Gasteiger partial charge is 0.338 e. The highest BCUT2D eigenvalue weighted by molar-refractivity contribution is 5.72. The molecule has 0 saturated heterocycles. The van der Waals surface area contributed by atoms with E-state index in [1.54, 1.807) is 11.7 Å². The van der Waals surface area contributed by atoms with Crippen LogP contribution in [0.5, 0.6) is 0 Å². The molecule has 1 N–H and O–H groups in total. The van der Waals surface area contributed by atoms with E-state index in [1.165, 1.54) is 6.20 Å². The van der Waals surface area contributed by atoms with Crippen molar-refractivity contribution in [1.29, 1.82) is 0 Å². The maximum atomic E-state index is 12.1. The summed E-state index contributed by atoms with van der Waals surface area (Å²) in [6.07, 6.45) is 2.31. The molecule has 0 aliphatic carbocycles. The van der Waals surface area contributed by atoms with Crippen LogP contribution < -0.4 is 5.56 Å². The standard InChI is InChI=1S/C15H21N7O2/c1-9(2)5-11-17-13(24-20-11)8-21(3)7-12-18-14-10(15(23)19-12)6-16-22(14)4/h6,9H,5,7-8H2,1-4H3,(H,18,19,23). The molecule has 0 saturated carbocycles. The summed E-state index contributed by atoms with van der Waals surface area (Å²) in [4.78, 5) is 25.6. The van der Waals surface area contributed by atoms with Gasteiger partial charge in [0.05, 0.1) is 19.3 Å². The second-order valence-electron chi connectivity index (χ2n) is 6.39. The quantitative estimate of drug-likeness (QED) is 0.714. The van der Waals surface area contributed by atoms with Crippen molar-refractivity contribution in [3.63, 3.8) is 0 Å². The lowest BCUT2D eigenvalue weighted by atomic mass is 10.1. The molecule has 3 aromatic heterocycles. The fourth-order valence-electron chi connectivity index (χ4n) is 2.50. The molecule has 0 aromatic carbocycles. The van der Waals surface area contributed by atoms with Crippen molar-refractivity contribution >= 4 is 11.0 Å². The van der Waals surface area contributed by atoms with Gasteiger partial charge in [0.2, 0.25) is 5.89 Å². The summed E-state index contributed by atoms with van der Waals surface area (Å²) in [5.41, 5.74) is 0.382. The molecule has 9 heteroatoms. The predicted octanol–water partition coefficient (Wildman–Crippen LogP) is 0.870. The van der Waals surface area contributed by atoms with Crippen LogP contribution in [-0.4, -0.2) is 41.8 Å². The zero-order valence-electron chi connectivity index (χ0n) is 14.3. The van der Waals surface area contributed by atoms with E-state index in [2.05, 4.69) is 39.1 Å². The van der Waals surface area contributed by atoms with Crippen molar-refractivity contribution in [2.24, 2.45) is 13.0 Å². The number of nitrogens with zero attached hydrogens (tertiary/aromatic N) is 6. The monoisotopic (exact) mass is 331 g/mol. The van der Waals surface area contributed by atoms with Crippen molar-refractivity contribution < 1.29 is 4.52 Å². The molecular weight excluding hydrogens is 310 g/mol. The van der Waals surface area contributed by atoms with Crippen LogP contribution in [0.1, 0.15) is 31.4 Å². The van der Waals surface area contributed by atoms with E-state index in [9.17, 15) is 4.79 Å². The highest BCUT2D eigenvalue weighted by Gasteiger charge is 2.13. The Bertz CT molecular complexity index is 893.